The van der Waals surface area contributed by atoms with Crippen LogP contribution in [0.3, 0.4) is 0 Å². The molecule has 0 unspecified atom stereocenters. The number of nitrogens with one attached hydrogen (secondary N) is 1. The monoisotopic (exact) mass is 341 g/mol. The number of aromatic nitrogens is 4. The van der Waals surface area contributed by atoms with Crippen molar-refractivity contribution in [3.8, 4) is 11.6 Å². The standard InChI is InChI=1S/C17H16FN5O2/c1-12(23-11-19-10-22-23)16(24)21-9-13-4-3-7-20-17(13)25-15-6-2-5-14(18)8-15/h2-8,10-12H,9H2,1H3,(H,21,24)/t12-/m0/s1. The second-order valence-electron chi connectivity index (χ2n) is 5.30. The van der Waals surface area contributed by atoms with Crippen molar-refractivity contribution in [3.05, 3.63) is 66.6 Å². The Labute approximate surface area is 143 Å². The first kappa shape index (κ1) is 16.6. The van der Waals surface area contributed by atoms with Gasteiger partial charge in [-0.05, 0) is 25.1 Å². The molecule has 1 atom stereocenters. The van der Waals surface area contributed by atoms with Crippen LogP contribution in [-0.2, 0) is 11.3 Å². The van der Waals surface area contributed by atoms with Crippen LogP contribution in [0.2, 0.25) is 0 Å². The molecule has 0 aliphatic rings. The van der Waals surface area contributed by atoms with Gasteiger partial charge < -0.3 is 10.1 Å². The molecular weight excluding hydrogens is 325 g/mol. The number of amides is 1. The van der Waals surface area contributed by atoms with E-state index in [0.717, 1.165) is 0 Å². The highest BCUT2D eigenvalue weighted by atomic mass is 19.1. The van der Waals surface area contributed by atoms with Crippen LogP contribution in [0.1, 0.15) is 18.5 Å². The average molecular weight is 341 g/mol. The maximum absolute atomic E-state index is 13.3. The van der Waals surface area contributed by atoms with Crippen LogP contribution < -0.4 is 10.1 Å². The van der Waals surface area contributed by atoms with E-state index in [1.54, 1.807) is 37.4 Å². The van der Waals surface area contributed by atoms with Crippen LogP contribution in [-0.4, -0.2) is 25.7 Å². The molecule has 2 aromatic heterocycles. The van der Waals surface area contributed by atoms with E-state index in [4.69, 9.17) is 4.74 Å². The summed E-state index contributed by atoms with van der Waals surface area (Å²) in [6.45, 7) is 1.94. The smallest absolute Gasteiger partial charge is 0.244 e. The summed E-state index contributed by atoms with van der Waals surface area (Å²) in [6, 6.07) is 8.80. The number of ether oxygens (including phenoxy) is 1. The van der Waals surface area contributed by atoms with Crippen molar-refractivity contribution in [3.63, 3.8) is 0 Å². The lowest BCUT2D eigenvalue weighted by Crippen LogP contribution is -2.31. The Balaban J connectivity index is 1.68. The van der Waals surface area contributed by atoms with Gasteiger partial charge in [-0.2, -0.15) is 5.10 Å². The lowest BCUT2D eigenvalue weighted by molar-refractivity contribution is -0.124. The van der Waals surface area contributed by atoms with E-state index < -0.39 is 11.9 Å². The van der Waals surface area contributed by atoms with Crippen molar-refractivity contribution >= 4 is 5.91 Å². The number of halogens is 1. The van der Waals surface area contributed by atoms with Crippen LogP contribution in [0.25, 0.3) is 0 Å². The summed E-state index contributed by atoms with van der Waals surface area (Å²) in [6.07, 6.45) is 4.42. The SMILES string of the molecule is C[C@@H](C(=O)NCc1cccnc1Oc1cccc(F)c1)n1cncn1. The van der Waals surface area contributed by atoms with Gasteiger partial charge in [0.1, 0.15) is 30.3 Å². The van der Waals surface area contributed by atoms with Gasteiger partial charge in [0.05, 0.1) is 0 Å². The Bertz CT molecular complexity index is 854. The molecule has 3 rings (SSSR count). The topological polar surface area (TPSA) is 81.9 Å². The molecule has 1 amide bonds. The fraction of sp³-hybridized carbons (Fsp3) is 0.176. The molecule has 0 saturated heterocycles. The molecule has 0 radical (unpaired) electrons. The van der Waals surface area contributed by atoms with Gasteiger partial charge in [0.15, 0.2) is 0 Å². The Morgan fingerprint density at radius 1 is 1.36 bits per heavy atom. The predicted molar refractivity (Wildman–Crippen MR) is 87.3 cm³/mol. The normalized spacial score (nSPS) is 11.8. The highest BCUT2D eigenvalue weighted by Gasteiger charge is 2.16. The van der Waals surface area contributed by atoms with E-state index in [-0.39, 0.29) is 12.5 Å². The van der Waals surface area contributed by atoms with Gasteiger partial charge in [-0.3, -0.25) is 4.79 Å². The van der Waals surface area contributed by atoms with Crippen molar-refractivity contribution in [2.24, 2.45) is 0 Å². The van der Waals surface area contributed by atoms with E-state index in [1.165, 1.54) is 29.5 Å². The first-order valence-electron chi connectivity index (χ1n) is 7.62. The van der Waals surface area contributed by atoms with Gasteiger partial charge in [-0.15, -0.1) is 0 Å². The largest absolute Gasteiger partial charge is 0.439 e. The third-order valence-corrected chi connectivity index (χ3v) is 3.53. The zero-order valence-corrected chi connectivity index (χ0v) is 13.5. The van der Waals surface area contributed by atoms with E-state index in [1.807, 2.05) is 0 Å². The van der Waals surface area contributed by atoms with Gasteiger partial charge in [0.25, 0.3) is 0 Å². The molecule has 0 aliphatic heterocycles. The molecule has 0 saturated carbocycles. The van der Waals surface area contributed by atoms with E-state index >= 15 is 0 Å². The van der Waals surface area contributed by atoms with E-state index in [9.17, 15) is 9.18 Å². The second kappa shape index (κ2) is 7.52. The number of carbonyl (C=O) groups is 1. The van der Waals surface area contributed by atoms with Crippen LogP contribution in [0.4, 0.5) is 4.39 Å². The van der Waals surface area contributed by atoms with Crippen molar-refractivity contribution in [2.45, 2.75) is 19.5 Å². The highest BCUT2D eigenvalue weighted by Crippen LogP contribution is 2.23. The average Bonchev–Trinajstić information content (AvgIpc) is 3.15. The van der Waals surface area contributed by atoms with E-state index in [2.05, 4.69) is 20.4 Å². The number of pyridine rings is 1. The molecule has 0 spiro atoms. The molecule has 8 heteroatoms. The number of rotatable bonds is 6. The summed E-state index contributed by atoms with van der Waals surface area (Å²) in [5.74, 6) is 0.0278. The fourth-order valence-corrected chi connectivity index (χ4v) is 2.16. The van der Waals surface area contributed by atoms with Crippen LogP contribution in [0.15, 0.2) is 55.2 Å². The van der Waals surface area contributed by atoms with Crippen molar-refractivity contribution in [1.29, 1.82) is 0 Å². The minimum absolute atomic E-state index is 0.217. The number of carbonyl (C=O) groups excluding carboxylic acids is 1. The molecule has 2 heterocycles. The summed E-state index contributed by atoms with van der Waals surface area (Å²) in [5.41, 5.74) is 0.672. The zero-order valence-electron chi connectivity index (χ0n) is 13.5. The second-order valence-corrected chi connectivity index (χ2v) is 5.30. The molecule has 1 N–H and O–H groups in total. The Kier molecular flexibility index (Phi) is 4.98. The maximum Gasteiger partial charge on any atom is 0.244 e. The molecule has 1 aromatic carbocycles. The summed E-state index contributed by atoms with van der Waals surface area (Å²) >= 11 is 0. The minimum Gasteiger partial charge on any atom is -0.439 e. The fourth-order valence-electron chi connectivity index (χ4n) is 2.16. The molecule has 0 aliphatic carbocycles. The lowest BCUT2D eigenvalue weighted by Gasteiger charge is -2.14. The van der Waals surface area contributed by atoms with E-state index in [0.29, 0.717) is 17.2 Å². The van der Waals surface area contributed by atoms with Crippen LogP contribution in [0, 0.1) is 5.82 Å². The van der Waals surface area contributed by atoms with Gasteiger partial charge in [0, 0.05) is 24.4 Å². The molecule has 0 bridgehead atoms. The van der Waals surface area contributed by atoms with Gasteiger partial charge in [0.2, 0.25) is 11.8 Å². The summed E-state index contributed by atoms with van der Waals surface area (Å²) < 4.78 is 20.4. The van der Waals surface area contributed by atoms with Crippen molar-refractivity contribution in [2.75, 3.05) is 0 Å². The first-order chi connectivity index (χ1) is 12.1. The van der Waals surface area contributed by atoms with Crippen LogP contribution >= 0.6 is 0 Å². The highest BCUT2D eigenvalue weighted by molar-refractivity contribution is 5.79. The molecular formula is C17H16FN5O2. The van der Waals surface area contributed by atoms with Crippen molar-refractivity contribution in [1.82, 2.24) is 25.1 Å². The van der Waals surface area contributed by atoms with Crippen molar-refractivity contribution < 1.29 is 13.9 Å². The number of hydrogen-bond donors (Lipinski definition) is 1. The Morgan fingerprint density at radius 3 is 3.00 bits per heavy atom. The zero-order chi connectivity index (χ0) is 17.6. The summed E-state index contributed by atoms with van der Waals surface area (Å²) in [4.78, 5) is 20.2. The van der Waals surface area contributed by atoms with Gasteiger partial charge >= 0.3 is 0 Å². The molecule has 3 aromatic rings. The number of nitrogens with zero attached hydrogens (tertiary/aromatic N) is 4. The predicted octanol–water partition coefficient (Wildman–Crippen LogP) is 2.48. The lowest BCUT2D eigenvalue weighted by atomic mass is 10.2. The first-order valence-corrected chi connectivity index (χ1v) is 7.62. The third-order valence-electron chi connectivity index (χ3n) is 3.53. The van der Waals surface area contributed by atoms with Gasteiger partial charge in [-0.1, -0.05) is 12.1 Å². The maximum atomic E-state index is 13.3. The minimum atomic E-state index is -0.494. The molecule has 128 valence electrons. The number of benzene rings is 1. The van der Waals surface area contributed by atoms with Crippen LogP contribution in [0.5, 0.6) is 11.6 Å². The number of hydrogen-bond acceptors (Lipinski definition) is 5. The quantitative estimate of drug-likeness (QED) is 0.745. The molecule has 0 fully saturated rings. The third kappa shape index (κ3) is 4.17. The molecule has 7 nitrogen and oxygen atoms in total. The summed E-state index contributed by atoms with van der Waals surface area (Å²) in [7, 11) is 0. The Hall–Kier alpha value is -3.29. The Morgan fingerprint density at radius 2 is 2.24 bits per heavy atom. The molecule has 25 heavy (non-hydrogen) atoms. The summed E-state index contributed by atoms with van der Waals surface area (Å²) in [5, 5.41) is 6.75. The van der Waals surface area contributed by atoms with Gasteiger partial charge in [-0.25, -0.2) is 19.0 Å².